The molecule has 0 aromatic rings. The molecule has 0 amide bonds. The zero-order chi connectivity index (χ0) is 6.86. The maximum absolute atomic E-state index is 5.49. The monoisotopic (exact) mass is 141 g/mol. The van der Waals surface area contributed by atoms with Crippen molar-refractivity contribution in [1.29, 1.82) is 0 Å². The minimum atomic E-state index is 0.413. The lowest BCUT2D eigenvalue weighted by atomic mass is 9.77. The summed E-state index contributed by atoms with van der Waals surface area (Å²) >= 11 is 0. The van der Waals surface area contributed by atoms with Gasteiger partial charge in [0.25, 0.3) is 0 Å². The Hall–Kier alpha value is -0.0800. The van der Waals surface area contributed by atoms with Gasteiger partial charge < -0.3 is 10.1 Å². The van der Waals surface area contributed by atoms with E-state index in [1.54, 1.807) is 0 Å². The average molecular weight is 141 g/mol. The first-order valence-corrected chi connectivity index (χ1v) is 4.24. The molecule has 1 aliphatic heterocycles. The molecule has 0 aromatic carbocycles. The Kier molecular flexibility index (Phi) is 1.66. The molecule has 0 aromatic heterocycles. The first-order chi connectivity index (χ1) is 4.91. The highest BCUT2D eigenvalue weighted by Gasteiger charge is 2.37. The quantitative estimate of drug-likeness (QED) is 0.541. The van der Waals surface area contributed by atoms with Gasteiger partial charge in [-0.3, -0.25) is 0 Å². The number of nitrogens with one attached hydrogen (secondary N) is 1. The molecule has 10 heavy (non-hydrogen) atoms. The van der Waals surface area contributed by atoms with Crippen LogP contribution in [0.4, 0.5) is 0 Å². The highest BCUT2D eigenvalue weighted by Crippen LogP contribution is 2.32. The van der Waals surface area contributed by atoms with E-state index in [-0.39, 0.29) is 0 Å². The van der Waals surface area contributed by atoms with E-state index in [1.807, 2.05) is 0 Å². The van der Waals surface area contributed by atoms with Gasteiger partial charge in [-0.15, -0.1) is 0 Å². The van der Waals surface area contributed by atoms with E-state index in [0.29, 0.717) is 5.54 Å². The molecule has 1 aliphatic carbocycles. The first-order valence-electron chi connectivity index (χ1n) is 4.24. The third-order valence-corrected chi connectivity index (χ3v) is 2.65. The standard InChI is InChI=1S/C8H15NO/c1-3-8(4-1)7-10-6-2-5-9-8/h9H,1-7H2. The molecule has 1 spiro atoms. The third-order valence-electron chi connectivity index (χ3n) is 2.65. The van der Waals surface area contributed by atoms with Gasteiger partial charge in [-0.1, -0.05) is 0 Å². The minimum Gasteiger partial charge on any atom is -0.379 e. The van der Waals surface area contributed by atoms with Crippen molar-refractivity contribution < 1.29 is 4.74 Å². The predicted octanol–water partition coefficient (Wildman–Crippen LogP) is 0.919. The fourth-order valence-corrected chi connectivity index (χ4v) is 1.77. The lowest BCUT2D eigenvalue weighted by Crippen LogP contribution is -2.53. The summed E-state index contributed by atoms with van der Waals surface area (Å²) in [7, 11) is 0. The van der Waals surface area contributed by atoms with Gasteiger partial charge in [0.2, 0.25) is 0 Å². The molecule has 2 fully saturated rings. The Bertz CT molecular complexity index is 110. The molecular weight excluding hydrogens is 126 g/mol. The van der Waals surface area contributed by atoms with Crippen molar-refractivity contribution in [3.05, 3.63) is 0 Å². The molecule has 1 saturated heterocycles. The van der Waals surface area contributed by atoms with Gasteiger partial charge >= 0.3 is 0 Å². The van der Waals surface area contributed by atoms with Crippen molar-refractivity contribution in [2.45, 2.75) is 31.2 Å². The Morgan fingerprint density at radius 3 is 2.80 bits per heavy atom. The normalized spacial score (nSPS) is 31.2. The van der Waals surface area contributed by atoms with Crippen LogP contribution in [0.25, 0.3) is 0 Å². The van der Waals surface area contributed by atoms with Crippen molar-refractivity contribution in [3.8, 4) is 0 Å². The van der Waals surface area contributed by atoms with E-state index < -0.39 is 0 Å². The fourth-order valence-electron chi connectivity index (χ4n) is 1.77. The molecule has 1 saturated carbocycles. The zero-order valence-electron chi connectivity index (χ0n) is 6.36. The van der Waals surface area contributed by atoms with E-state index in [4.69, 9.17) is 4.74 Å². The van der Waals surface area contributed by atoms with Crippen LogP contribution >= 0.6 is 0 Å². The maximum atomic E-state index is 5.49. The molecule has 0 radical (unpaired) electrons. The van der Waals surface area contributed by atoms with Crippen molar-refractivity contribution in [2.75, 3.05) is 19.8 Å². The molecule has 0 atom stereocenters. The first kappa shape index (κ1) is 6.62. The van der Waals surface area contributed by atoms with Crippen LogP contribution in [0.5, 0.6) is 0 Å². The summed E-state index contributed by atoms with van der Waals surface area (Å²) < 4.78 is 5.49. The molecule has 0 unspecified atom stereocenters. The molecule has 2 rings (SSSR count). The lowest BCUT2D eigenvalue weighted by Gasteiger charge is -2.41. The molecule has 2 heteroatoms. The summed E-state index contributed by atoms with van der Waals surface area (Å²) in [6, 6.07) is 0. The third kappa shape index (κ3) is 1.06. The Labute approximate surface area is 61.9 Å². The summed E-state index contributed by atoms with van der Waals surface area (Å²) in [5.74, 6) is 0. The summed E-state index contributed by atoms with van der Waals surface area (Å²) in [6.07, 6.45) is 5.22. The lowest BCUT2D eigenvalue weighted by molar-refractivity contribution is 0.0511. The van der Waals surface area contributed by atoms with Crippen molar-refractivity contribution in [1.82, 2.24) is 5.32 Å². The van der Waals surface area contributed by atoms with Gasteiger partial charge in [0.15, 0.2) is 0 Å². The van der Waals surface area contributed by atoms with Crippen molar-refractivity contribution in [2.24, 2.45) is 0 Å². The molecular formula is C8H15NO. The highest BCUT2D eigenvalue weighted by atomic mass is 16.5. The maximum Gasteiger partial charge on any atom is 0.0648 e. The Morgan fingerprint density at radius 1 is 1.20 bits per heavy atom. The van der Waals surface area contributed by atoms with Crippen LogP contribution < -0.4 is 5.32 Å². The summed E-state index contributed by atoms with van der Waals surface area (Å²) in [5, 5.41) is 3.57. The van der Waals surface area contributed by atoms with E-state index in [2.05, 4.69) is 5.32 Å². The van der Waals surface area contributed by atoms with Crippen LogP contribution in [0.1, 0.15) is 25.7 Å². The van der Waals surface area contributed by atoms with E-state index in [1.165, 1.54) is 25.7 Å². The largest absolute Gasteiger partial charge is 0.379 e. The summed E-state index contributed by atoms with van der Waals surface area (Å²) in [6.45, 7) is 3.06. The van der Waals surface area contributed by atoms with Gasteiger partial charge in [0, 0.05) is 12.1 Å². The van der Waals surface area contributed by atoms with Crippen LogP contribution in [-0.4, -0.2) is 25.3 Å². The topological polar surface area (TPSA) is 21.3 Å². The number of rotatable bonds is 0. The Balaban J connectivity index is 1.92. The van der Waals surface area contributed by atoms with Gasteiger partial charge in [-0.05, 0) is 32.2 Å². The van der Waals surface area contributed by atoms with Gasteiger partial charge in [-0.25, -0.2) is 0 Å². The minimum absolute atomic E-state index is 0.413. The van der Waals surface area contributed by atoms with Crippen LogP contribution in [0.2, 0.25) is 0 Å². The number of ether oxygens (including phenoxy) is 1. The molecule has 58 valence electrons. The zero-order valence-corrected chi connectivity index (χ0v) is 6.36. The van der Waals surface area contributed by atoms with E-state index in [9.17, 15) is 0 Å². The second kappa shape index (κ2) is 2.51. The molecule has 0 bridgehead atoms. The highest BCUT2D eigenvalue weighted by molar-refractivity contribution is 4.96. The average Bonchev–Trinajstić information content (AvgIpc) is 2.08. The van der Waals surface area contributed by atoms with Crippen LogP contribution in [0.15, 0.2) is 0 Å². The van der Waals surface area contributed by atoms with Gasteiger partial charge in [0.05, 0.1) is 6.61 Å². The SMILES string of the molecule is C1CNC2(CCC2)COC1. The van der Waals surface area contributed by atoms with Crippen molar-refractivity contribution >= 4 is 0 Å². The fraction of sp³-hybridized carbons (Fsp3) is 1.00. The summed E-state index contributed by atoms with van der Waals surface area (Å²) in [5.41, 5.74) is 0.413. The van der Waals surface area contributed by atoms with Crippen LogP contribution in [-0.2, 0) is 4.74 Å². The predicted molar refractivity (Wildman–Crippen MR) is 40.0 cm³/mol. The van der Waals surface area contributed by atoms with Gasteiger partial charge in [-0.2, -0.15) is 0 Å². The number of hydrogen-bond acceptors (Lipinski definition) is 2. The second-order valence-electron chi connectivity index (χ2n) is 3.47. The van der Waals surface area contributed by atoms with E-state index in [0.717, 1.165) is 19.8 Å². The molecule has 1 N–H and O–H groups in total. The van der Waals surface area contributed by atoms with Crippen LogP contribution in [0, 0.1) is 0 Å². The van der Waals surface area contributed by atoms with Gasteiger partial charge in [0.1, 0.15) is 0 Å². The smallest absolute Gasteiger partial charge is 0.0648 e. The molecule has 1 heterocycles. The second-order valence-corrected chi connectivity index (χ2v) is 3.47. The molecule has 2 nitrogen and oxygen atoms in total. The number of hydrogen-bond donors (Lipinski definition) is 1. The van der Waals surface area contributed by atoms with Crippen molar-refractivity contribution in [3.63, 3.8) is 0 Å². The van der Waals surface area contributed by atoms with E-state index >= 15 is 0 Å². The Morgan fingerprint density at radius 2 is 2.10 bits per heavy atom. The summed E-state index contributed by atoms with van der Waals surface area (Å²) in [4.78, 5) is 0. The van der Waals surface area contributed by atoms with Crippen LogP contribution in [0.3, 0.4) is 0 Å². The molecule has 2 aliphatic rings.